The molecule has 2 aromatic rings. The van der Waals surface area contributed by atoms with Crippen LogP contribution in [0, 0.1) is 0 Å². The van der Waals surface area contributed by atoms with Crippen molar-refractivity contribution in [2.24, 2.45) is 0 Å². The summed E-state index contributed by atoms with van der Waals surface area (Å²) in [6.45, 7) is 3.01. The Labute approximate surface area is 141 Å². The lowest BCUT2D eigenvalue weighted by Crippen LogP contribution is -2.11. The van der Waals surface area contributed by atoms with Crippen molar-refractivity contribution in [2.75, 3.05) is 33.2 Å². The van der Waals surface area contributed by atoms with Gasteiger partial charge in [-0.15, -0.1) is 0 Å². The van der Waals surface area contributed by atoms with E-state index in [9.17, 15) is 4.79 Å². The van der Waals surface area contributed by atoms with Gasteiger partial charge in [0.25, 0.3) is 0 Å². The fraction of sp³-hybridized carbons (Fsp3) is 0.412. The van der Waals surface area contributed by atoms with Crippen LogP contribution in [0.15, 0.2) is 24.3 Å². The fourth-order valence-electron chi connectivity index (χ4n) is 2.34. The Kier molecular flexibility index (Phi) is 6.20. The van der Waals surface area contributed by atoms with Crippen molar-refractivity contribution < 1.29 is 19.0 Å². The van der Waals surface area contributed by atoms with Gasteiger partial charge in [0.1, 0.15) is 17.4 Å². The Morgan fingerprint density at radius 1 is 1.25 bits per heavy atom. The van der Waals surface area contributed by atoms with E-state index in [0.29, 0.717) is 31.2 Å². The summed E-state index contributed by atoms with van der Waals surface area (Å²) >= 11 is 0. The lowest BCUT2D eigenvalue weighted by Gasteiger charge is -2.10. The molecule has 0 spiro atoms. The average molecular weight is 333 g/mol. The molecule has 0 fully saturated rings. The van der Waals surface area contributed by atoms with Crippen molar-refractivity contribution in [1.29, 1.82) is 0 Å². The van der Waals surface area contributed by atoms with Crippen molar-refractivity contribution >= 4 is 11.8 Å². The van der Waals surface area contributed by atoms with Gasteiger partial charge in [-0.2, -0.15) is 0 Å². The number of carbonyl (C=O) groups is 1. The van der Waals surface area contributed by atoms with Gasteiger partial charge in [-0.25, -0.2) is 9.78 Å². The monoisotopic (exact) mass is 333 g/mol. The van der Waals surface area contributed by atoms with E-state index in [2.05, 4.69) is 4.98 Å². The maximum Gasteiger partial charge on any atom is 0.360 e. The van der Waals surface area contributed by atoms with Crippen LogP contribution in [0.3, 0.4) is 0 Å². The van der Waals surface area contributed by atoms with Crippen molar-refractivity contribution in [1.82, 2.24) is 9.55 Å². The van der Waals surface area contributed by atoms with Crippen LogP contribution in [0.25, 0.3) is 0 Å². The molecule has 0 aliphatic rings. The third kappa shape index (κ3) is 4.05. The minimum Gasteiger partial charge on any atom is -0.497 e. The second-order valence-electron chi connectivity index (χ2n) is 5.16. The zero-order valence-corrected chi connectivity index (χ0v) is 14.2. The molecule has 2 rings (SSSR count). The molecule has 1 aromatic carbocycles. The molecule has 130 valence electrons. The number of hydrogen-bond acceptors (Lipinski definition) is 6. The number of nitrogens with zero attached hydrogens (tertiary/aromatic N) is 2. The summed E-state index contributed by atoms with van der Waals surface area (Å²) in [6.07, 6.45) is 0.552. The molecule has 0 atom stereocenters. The van der Waals surface area contributed by atoms with Gasteiger partial charge >= 0.3 is 5.97 Å². The fourth-order valence-corrected chi connectivity index (χ4v) is 2.34. The molecule has 2 N–H and O–H groups in total. The summed E-state index contributed by atoms with van der Waals surface area (Å²) in [5.41, 5.74) is 7.32. The maximum absolute atomic E-state index is 12.0. The Hall–Kier alpha value is -2.54. The number of benzene rings is 1. The quantitative estimate of drug-likeness (QED) is 0.742. The molecule has 1 aromatic heterocycles. The van der Waals surface area contributed by atoms with Gasteiger partial charge in [-0.3, -0.25) is 0 Å². The van der Waals surface area contributed by atoms with E-state index in [1.165, 1.54) is 0 Å². The SMILES string of the molecule is CCOC(=O)c1nc(CCOC)n(Cc2ccc(OC)cc2)c1N. The topological polar surface area (TPSA) is 88.6 Å². The third-order valence-corrected chi connectivity index (χ3v) is 3.58. The van der Waals surface area contributed by atoms with Gasteiger partial charge in [-0.1, -0.05) is 12.1 Å². The zero-order chi connectivity index (χ0) is 17.5. The molecule has 0 saturated carbocycles. The highest BCUT2D eigenvalue weighted by Gasteiger charge is 2.21. The molecule has 0 saturated heterocycles. The second kappa shape index (κ2) is 8.35. The Balaban J connectivity index is 2.32. The minimum atomic E-state index is -0.512. The minimum absolute atomic E-state index is 0.150. The zero-order valence-electron chi connectivity index (χ0n) is 14.2. The smallest absolute Gasteiger partial charge is 0.360 e. The van der Waals surface area contributed by atoms with E-state index >= 15 is 0 Å². The molecular formula is C17H23N3O4. The highest BCUT2D eigenvalue weighted by molar-refractivity contribution is 5.92. The molecule has 7 nitrogen and oxygen atoms in total. The number of nitrogen functional groups attached to an aromatic ring is 1. The van der Waals surface area contributed by atoms with Crippen LogP contribution in [0.1, 0.15) is 28.8 Å². The summed E-state index contributed by atoms with van der Waals surface area (Å²) in [6, 6.07) is 7.65. The summed E-state index contributed by atoms with van der Waals surface area (Å²) in [4.78, 5) is 16.4. The second-order valence-corrected chi connectivity index (χ2v) is 5.16. The number of methoxy groups -OCH3 is 2. The van der Waals surface area contributed by atoms with Crippen LogP contribution in [-0.2, 0) is 22.4 Å². The predicted octanol–water partition coefficient (Wildman–Crippen LogP) is 1.89. The van der Waals surface area contributed by atoms with Crippen LogP contribution in [0.2, 0.25) is 0 Å². The van der Waals surface area contributed by atoms with Gasteiger partial charge in [0, 0.05) is 13.5 Å². The van der Waals surface area contributed by atoms with Crippen molar-refractivity contribution in [3.63, 3.8) is 0 Å². The van der Waals surface area contributed by atoms with E-state index in [-0.39, 0.29) is 12.3 Å². The molecule has 0 aliphatic heterocycles. The molecule has 24 heavy (non-hydrogen) atoms. The molecule has 0 amide bonds. The number of anilines is 1. The first-order valence-corrected chi connectivity index (χ1v) is 7.74. The number of imidazole rings is 1. The number of ether oxygens (including phenoxy) is 3. The number of nitrogens with two attached hydrogens (primary N) is 1. The highest BCUT2D eigenvalue weighted by atomic mass is 16.5. The molecular weight excluding hydrogens is 310 g/mol. The van der Waals surface area contributed by atoms with Gasteiger partial charge in [0.2, 0.25) is 0 Å². The van der Waals surface area contributed by atoms with E-state index in [1.54, 1.807) is 21.1 Å². The number of hydrogen-bond donors (Lipinski definition) is 1. The first kappa shape index (κ1) is 17.8. The van der Waals surface area contributed by atoms with Crippen LogP contribution in [-0.4, -0.2) is 43.0 Å². The van der Waals surface area contributed by atoms with Crippen LogP contribution in [0.5, 0.6) is 5.75 Å². The van der Waals surface area contributed by atoms with E-state index in [0.717, 1.165) is 11.3 Å². The van der Waals surface area contributed by atoms with Crippen LogP contribution >= 0.6 is 0 Å². The van der Waals surface area contributed by atoms with Crippen LogP contribution < -0.4 is 10.5 Å². The van der Waals surface area contributed by atoms with Gasteiger partial charge in [0.05, 0.1) is 26.9 Å². The van der Waals surface area contributed by atoms with Crippen LogP contribution in [0.4, 0.5) is 5.82 Å². The average Bonchev–Trinajstić information content (AvgIpc) is 2.90. The number of rotatable bonds is 8. The predicted molar refractivity (Wildman–Crippen MR) is 90.3 cm³/mol. The molecule has 0 unspecified atom stereocenters. The van der Waals surface area contributed by atoms with Crippen molar-refractivity contribution in [3.05, 3.63) is 41.3 Å². The lowest BCUT2D eigenvalue weighted by molar-refractivity contribution is 0.0521. The molecule has 0 aliphatic carbocycles. The summed E-state index contributed by atoms with van der Waals surface area (Å²) in [5.74, 6) is 1.26. The van der Waals surface area contributed by atoms with E-state index < -0.39 is 5.97 Å². The van der Waals surface area contributed by atoms with Gasteiger partial charge < -0.3 is 24.5 Å². The largest absolute Gasteiger partial charge is 0.497 e. The Bertz CT molecular complexity index is 680. The first-order valence-electron chi connectivity index (χ1n) is 7.74. The lowest BCUT2D eigenvalue weighted by atomic mass is 10.2. The Morgan fingerprint density at radius 3 is 2.54 bits per heavy atom. The third-order valence-electron chi connectivity index (χ3n) is 3.58. The first-order chi connectivity index (χ1) is 11.6. The van der Waals surface area contributed by atoms with E-state index in [4.69, 9.17) is 19.9 Å². The van der Waals surface area contributed by atoms with E-state index in [1.807, 2.05) is 28.8 Å². The number of aromatic nitrogens is 2. The normalized spacial score (nSPS) is 10.6. The summed E-state index contributed by atoms with van der Waals surface area (Å²) in [5, 5.41) is 0. The molecule has 0 radical (unpaired) electrons. The number of esters is 1. The summed E-state index contributed by atoms with van der Waals surface area (Å²) < 4.78 is 17.1. The molecule has 1 heterocycles. The van der Waals surface area contributed by atoms with Gasteiger partial charge in [0.15, 0.2) is 5.69 Å². The van der Waals surface area contributed by atoms with Crippen molar-refractivity contribution in [2.45, 2.75) is 19.9 Å². The number of carbonyl (C=O) groups excluding carboxylic acids is 1. The maximum atomic E-state index is 12.0. The summed E-state index contributed by atoms with van der Waals surface area (Å²) in [7, 11) is 3.24. The highest BCUT2D eigenvalue weighted by Crippen LogP contribution is 2.20. The van der Waals surface area contributed by atoms with Gasteiger partial charge in [-0.05, 0) is 24.6 Å². The molecule has 0 bridgehead atoms. The molecule has 7 heteroatoms. The standard InChI is InChI=1S/C17H23N3O4/c1-4-24-17(21)15-16(18)20(14(19-15)9-10-22-2)11-12-5-7-13(23-3)8-6-12/h5-8H,4,9-11,18H2,1-3H3. The Morgan fingerprint density at radius 2 is 1.96 bits per heavy atom. The van der Waals surface area contributed by atoms with Crippen molar-refractivity contribution in [3.8, 4) is 5.75 Å².